The molecular weight excluding hydrogens is 156 g/mol. The van der Waals surface area contributed by atoms with Crippen LogP contribution in [-0.2, 0) is 4.74 Å². The maximum atomic E-state index is 9.67. The molecule has 2 rings (SSSR count). The van der Waals surface area contributed by atoms with Crippen LogP contribution in [-0.4, -0.2) is 34.6 Å². The summed E-state index contributed by atoms with van der Waals surface area (Å²) in [6.07, 6.45) is 1.68. The van der Waals surface area contributed by atoms with E-state index in [0.717, 1.165) is 19.3 Å². The molecule has 2 N–H and O–H groups in total. The largest absolute Gasteiger partial charge is 0.390 e. The monoisotopic (exact) mass is 172 g/mol. The van der Waals surface area contributed by atoms with Gasteiger partial charge >= 0.3 is 0 Å². The van der Waals surface area contributed by atoms with Crippen LogP contribution in [0, 0.1) is 5.92 Å². The lowest BCUT2D eigenvalue weighted by Gasteiger charge is -2.44. The molecule has 12 heavy (non-hydrogen) atoms. The topological polar surface area (TPSA) is 49.7 Å². The highest BCUT2D eigenvalue weighted by Crippen LogP contribution is 2.34. The van der Waals surface area contributed by atoms with E-state index in [2.05, 4.69) is 0 Å². The van der Waals surface area contributed by atoms with Gasteiger partial charge in [-0.15, -0.1) is 0 Å². The predicted octanol–water partition coefficient (Wildman–Crippen LogP) is 0.296. The molecule has 70 valence electrons. The molecule has 2 saturated heterocycles. The van der Waals surface area contributed by atoms with E-state index in [-0.39, 0.29) is 30.3 Å². The fourth-order valence-electron chi connectivity index (χ4n) is 2.24. The second-order valence-corrected chi connectivity index (χ2v) is 4.06. The quantitative estimate of drug-likeness (QED) is 0.552. The zero-order valence-corrected chi connectivity index (χ0v) is 7.31. The molecule has 2 aliphatic heterocycles. The van der Waals surface area contributed by atoms with Crippen molar-refractivity contribution in [2.24, 2.45) is 5.92 Å². The van der Waals surface area contributed by atoms with Crippen molar-refractivity contribution in [3.63, 3.8) is 0 Å². The van der Waals surface area contributed by atoms with Crippen molar-refractivity contribution in [2.45, 2.75) is 50.6 Å². The minimum absolute atomic E-state index is 0.0258. The number of aliphatic hydroxyl groups is 2. The van der Waals surface area contributed by atoms with Gasteiger partial charge in [-0.3, -0.25) is 0 Å². The van der Waals surface area contributed by atoms with Gasteiger partial charge in [0.25, 0.3) is 0 Å². The van der Waals surface area contributed by atoms with E-state index >= 15 is 0 Å². The summed E-state index contributed by atoms with van der Waals surface area (Å²) in [7, 11) is 0. The van der Waals surface area contributed by atoms with Gasteiger partial charge in [-0.1, -0.05) is 6.92 Å². The Morgan fingerprint density at radius 2 is 1.92 bits per heavy atom. The Morgan fingerprint density at radius 1 is 1.17 bits per heavy atom. The first-order valence-corrected chi connectivity index (χ1v) is 4.70. The fraction of sp³-hybridized carbons (Fsp3) is 1.00. The van der Waals surface area contributed by atoms with Gasteiger partial charge in [0.15, 0.2) is 0 Å². The third kappa shape index (κ3) is 1.26. The van der Waals surface area contributed by atoms with Gasteiger partial charge < -0.3 is 14.9 Å². The van der Waals surface area contributed by atoms with E-state index < -0.39 is 0 Å². The molecule has 0 amide bonds. The average molecular weight is 172 g/mol. The summed E-state index contributed by atoms with van der Waals surface area (Å²) in [6.45, 7) is 2.02. The van der Waals surface area contributed by atoms with Crippen molar-refractivity contribution in [1.29, 1.82) is 0 Å². The van der Waals surface area contributed by atoms with E-state index in [1.54, 1.807) is 0 Å². The molecule has 2 heterocycles. The van der Waals surface area contributed by atoms with Gasteiger partial charge in [0.05, 0.1) is 24.4 Å². The zero-order valence-electron chi connectivity index (χ0n) is 7.31. The van der Waals surface area contributed by atoms with Crippen LogP contribution < -0.4 is 0 Å². The fourth-order valence-corrected chi connectivity index (χ4v) is 2.24. The van der Waals surface area contributed by atoms with Gasteiger partial charge in [0, 0.05) is 0 Å². The molecule has 0 aliphatic carbocycles. The van der Waals surface area contributed by atoms with Gasteiger partial charge in [-0.05, 0) is 25.2 Å². The van der Waals surface area contributed by atoms with Crippen LogP contribution in [0.15, 0.2) is 0 Å². The van der Waals surface area contributed by atoms with Gasteiger partial charge in [-0.25, -0.2) is 0 Å². The molecule has 0 aromatic carbocycles. The Kier molecular flexibility index (Phi) is 2.10. The lowest BCUT2D eigenvalue weighted by molar-refractivity contribution is -0.199. The standard InChI is InChI=1S/C9H16O3/c1-5-4-8-6(10)2-3-7(12-8)9(5)11/h5-11H,2-4H2,1H3. The first-order chi connectivity index (χ1) is 5.68. The second-order valence-electron chi connectivity index (χ2n) is 4.06. The zero-order chi connectivity index (χ0) is 8.72. The molecule has 0 aromatic rings. The van der Waals surface area contributed by atoms with Gasteiger partial charge in [0.1, 0.15) is 0 Å². The van der Waals surface area contributed by atoms with Crippen LogP contribution in [0.4, 0.5) is 0 Å². The summed E-state index contributed by atoms with van der Waals surface area (Å²) < 4.78 is 5.52. The number of aliphatic hydroxyl groups excluding tert-OH is 2. The molecule has 3 nitrogen and oxygen atoms in total. The van der Waals surface area contributed by atoms with Crippen molar-refractivity contribution in [1.82, 2.24) is 0 Å². The molecule has 2 aliphatic rings. The van der Waals surface area contributed by atoms with Crippen molar-refractivity contribution in [3.8, 4) is 0 Å². The summed E-state index contributed by atoms with van der Waals surface area (Å²) in [6, 6.07) is 0. The lowest BCUT2D eigenvalue weighted by atomic mass is 9.82. The van der Waals surface area contributed by atoms with E-state index in [0.29, 0.717) is 0 Å². The summed E-state index contributed by atoms with van der Waals surface area (Å²) in [5.74, 6) is 0.267. The summed E-state index contributed by atoms with van der Waals surface area (Å²) in [5.41, 5.74) is 0. The highest BCUT2D eigenvalue weighted by atomic mass is 16.5. The Bertz CT molecular complexity index is 169. The van der Waals surface area contributed by atoms with E-state index in [1.165, 1.54) is 0 Å². The Morgan fingerprint density at radius 3 is 2.67 bits per heavy atom. The smallest absolute Gasteiger partial charge is 0.0842 e. The third-order valence-corrected chi connectivity index (χ3v) is 3.09. The lowest BCUT2D eigenvalue weighted by Crippen LogP contribution is -2.51. The molecule has 5 unspecified atom stereocenters. The van der Waals surface area contributed by atoms with E-state index in [4.69, 9.17) is 4.74 Å². The Hall–Kier alpha value is -0.120. The summed E-state index contributed by atoms with van der Waals surface area (Å²) in [4.78, 5) is 0. The van der Waals surface area contributed by atoms with Gasteiger partial charge in [0.2, 0.25) is 0 Å². The van der Waals surface area contributed by atoms with Crippen LogP contribution in [0.1, 0.15) is 26.2 Å². The van der Waals surface area contributed by atoms with Gasteiger partial charge in [-0.2, -0.15) is 0 Å². The normalized spacial score (nSPS) is 53.8. The van der Waals surface area contributed by atoms with Crippen LogP contribution in [0.5, 0.6) is 0 Å². The number of fused-ring (bicyclic) bond motifs is 2. The van der Waals surface area contributed by atoms with E-state index in [1.807, 2.05) is 6.92 Å². The molecule has 2 bridgehead atoms. The maximum absolute atomic E-state index is 9.67. The molecule has 2 fully saturated rings. The number of hydrogen-bond donors (Lipinski definition) is 2. The Balaban J connectivity index is 2.08. The van der Waals surface area contributed by atoms with Crippen LogP contribution in [0.25, 0.3) is 0 Å². The molecular formula is C9H16O3. The number of rotatable bonds is 0. The van der Waals surface area contributed by atoms with Crippen LogP contribution in [0.2, 0.25) is 0 Å². The molecule has 0 spiro atoms. The minimum atomic E-state index is -0.325. The number of hydrogen-bond acceptors (Lipinski definition) is 3. The Labute approximate surface area is 72.3 Å². The highest BCUT2D eigenvalue weighted by molar-refractivity contribution is 4.90. The first-order valence-electron chi connectivity index (χ1n) is 4.70. The maximum Gasteiger partial charge on any atom is 0.0842 e. The van der Waals surface area contributed by atoms with Crippen molar-refractivity contribution in [3.05, 3.63) is 0 Å². The van der Waals surface area contributed by atoms with Crippen molar-refractivity contribution >= 4 is 0 Å². The first kappa shape index (κ1) is 8.48. The molecule has 0 radical (unpaired) electrons. The average Bonchev–Trinajstić information content (AvgIpc) is 2.06. The third-order valence-electron chi connectivity index (χ3n) is 3.09. The minimum Gasteiger partial charge on any atom is -0.390 e. The SMILES string of the molecule is CC1CC2OC(CCC2O)C1O. The molecule has 0 saturated carbocycles. The van der Waals surface area contributed by atoms with Crippen molar-refractivity contribution in [2.75, 3.05) is 0 Å². The molecule has 0 aromatic heterocycles. The number of ether oxygens (including phenoxy) is 1. The summed E-state index contributed by atoms with van der Waals surface area (Å²) in [5, 5.41) is 19.2. The second kappa shape index (κ2) is 2.98. The van der Waals surface area contributed by atoms with Crippen LogP contribution >= 0.6 is 0 Å². The van der Waals surface area contributed by atoms with Crippen molar-refractivity contribution < 1.29 is 14.9 Å². The molecule has 3 heteroatoms. The van der Waals surface area contributed by atoms with E-state index in [9.17, 15) is 10.2 Å². The van der Waals surface area contributed by atoms with Crippen LogP contribution in [0.3, 0.4) is 0 Å². The highest BCUT2D eigenvalue weighted by Gasteiger charge is 2.41. The summed E-state index contributed by atoms with van der Waals surface area (Å²) >= 11 is 0. The molecule has 5 atom stereocenters. The predicted molar refractivity (Wildman–Crippen MR) is 43.7 cm³/mol.